The Hall–Kier alpha value is -1.47. The van der Waals surface area contributed by atoms with Gasteiger partial charge in [0.1, 0.15) is 5.00 Å². The first-order valence-electron chi connectivity index (χ1n) is 4.98. The maximum absolute atomic E-state index is 10.8. The summed E-state index contributed by atoms with van der Waals surface area (Å²) in [6, 6.07) is 0. The van der Waals surface area contributed by atoms with Crippen LogP contribution in [0.3, 0.4) is 0 Å². The molecule has 2 rings (SSSR count). The summed E-state index contributed by atoms with van der Waals surface area (Å²) < 4.78 is 0. The predicted molar refractivity (Wildman–Crippen MR) is 68.1 cm³/mol. The lowest BCUT2D eigenvalue weighted by Gasteiger charge is -2.02. The van der Waals surface area contributed by atoms with Gasteiger partial charge in [-0.15, -0.1) is 22.7 Å². The summed E-state index contributed by atoms with van der Waals surface area (Å²) in [6.07, 6.45) is 0.787. The third-order valence-electron chi connectivity index (χ3n) is 2.06. The second-order valence-corrected chi connectivity index (χ2v) is 5.19. The van der Waals surface area contributed by atoms with E-state index in [2.05, 4.69) is 15.3 Å². The van der Waals surface area contributed by atoms with Gasteiger partial charge in [0.05, 0.1) is 10.5 Å². The van der Waals surface area contributed by atoms with Crippen molar-refractivity contribution in [3.63, 3.8) is 0 Å². The monoisotopic (exact) mass is 269 g/mol. The number of hydrogen-bond donors (Lipinski definition) is 2. The maximum Gasteiger partial charge on any atom is 0.357 e. The molecule has 0 aliphatic heterocycles. The number of nitrogens with zero attached hydrogens (tertiary/aromatic N) is 2. The fourth-order valence-electron chi connectivity index (χ4n) is 1.32. The molecule has 17 heavy (non-hydrogen) atoms. The van der Waals surface area contributed by atoms with Crippen molar-refractivity contribution in [1.29, 1.82) is 0 Å². The maximum atomic E-state index is 10.8. The minimum atomic E-state index is -1.00. The number of rotatable bonds is 5. The van der Waals surface area contributed by atoms with Crippen LogP contribution in [-0.2, 0) is 6.42 Å². The topological polar surface area (TPSA) is 75.1 Å². The number of carbonyl (C=O) groups is 1. The van der Waals surface area contributed by atoms with Crippen molar-refractivity contribution in [2.75, 3.05) is 11.9 Å². The first-order valence-corrected chi connectivity index (χ1v) is 6.74. The summed E-state index contributed by atoms with van der Waals surface area (Å²) in [5, 5.41) is 15.6. The van der Waals surface area contributed by atoms with Gasteiger partial charge in [0.25, 0.3) is 0 Å². The molecule has 0 bridgehead atoms. The van der Waals surface area contributed by atoms with Crippen molar-refractivity contribution in [2.24, 2.45) is 0 Å². The third-order valence-corrected chi connectivity index (χ3v) is 3.87. The van der Waals surface area contributed by atoms with Crippen LogP contribution in [0, 0.1) is 6.92 Å². The van der Waals surface area contributed by atoms with E-state index in [9.17, 15) is 4.79 Å². The van der Waals surface area contributed by atoms with Gasteiger partial charge in [-0.1, -0.05) is 0 Å². The van der Waals surface area contributed by atoms with Gasteiger partial charge in [0, 0.05) is 24.0 Å². The normalized spacial score (nSPS) is 10.4. The largest absolute Gasteiger partial charge is 0.476 e. The van der Waals surface area contributed by atoms with Gasteiger partial charge >= 0.3 is 5.97 Å². The van der Waals surface area contributed by atoms with Crippen LogP contribution in [0.5, 0.6) is 0 Å². The van der Waals surface area contributed by atoms with Crippen molar-refractivity contribution in [1.82, 2.24) is 9.97 Å². The zero-order valence-corrected chi connectivity index (χ0v) is 10.8. The van der Waals surface area contributed by atoms with E-state index >= 15 is 0 Å². The van der Waals surface area contributed by atoms with Crippen molar-refractivity contribution < 1.29 is 9.90 Å². The fraction of sp³-hybridized carbons (Fsp3) is 0.300. The lowest BCUT2D eigenvalue weighted by Crippen LogP contribution is -2.07. The van der Waals surface area contributed by atoms with Crippen molar-refractivity contribution >= 4 is 33.6 Å². The summed E-state index contributed by atoms with van der Waals surface area (Å²) in [5.41, 5.74) is 2.64. The Labute approximate surface area is 106 Å². The Morgan fingerprint density at radius 3 is 3.00 bits per heavy atom. The predicted octanol–water partition coefficient (Wildman–Crippen LogP) is 2.26. The molecule has 0 saturated carbocycles. The van der Waals surface area contributed by atoms with Crippen LogP contribution in [0.2, 0.25) is 0 Å². The molecule has 0 spiro atoms. The molecule has 5 nitrogen and oxygen atoms in total. The zero-order chi connectivity index (χ0) is 12.3. The van der Waals surface area contributed by atoms with E-state index in [-0.39, 0.29) is 5.69 Å². The minimum absolute atomic E-state index is 0.0883. The second-order valence-electron chi connectivity index (χ2n) is 3.39. The van der Waals surface area contributed by atoms with E-state index in [0.717, 1.165) is 17.1 Å². The summed E-state index contributed by atoms with van der Waals surface area (Å²) in [5.74, 6) is -1.00. The van der Waals surface area contributed by atoms with Gasteiger partial charge < -0.3 is 10.4 Å². The minimum Gasteiger partial charge on any atom is -0.476 e. The molecule has 0 radical (unpaired) electrons. The third kappa shape index (κ3) is 3.01. The highest BCUT2D eigenvalue weighted by Crippen LogP contribution is 2.20. The molecule has 0 saturated heterocycles. The number of aryl methyl sites for hydroxylation is 1. The highest BCUT2D eigenvalue weighted by molar-refractivity contribution is 7.14. The first-order chi connectivity index (χ1) is 8.16. The Kier molecular flexibility index (Phi) is 3.70. The van der Waals surface area contributed by atoms with Crippen molar-refractivity contribution in [3.05, 3.63) is 27.3 Å². The molecule has 0 amide bonds. The summed E-state index contributed by atoms with van der Waals surface area (Å²) in [4.78, 5) is 18.9. The van der Waals surface area contributed by atoms with Gasteiger partial charge in [-0.05, 0) is 6.92 Å². The van der Waals surface area contributed by atoms with E-state index in [1.807, 2.05) is 12.3 Å². The molecule has 7 heteroatoms. The quantitative estimate of drug-likeness (QED) is 0.870. The van der Waals surface area contributed by atoms with Crippen LogP contribution in [0.1, 0.15) is 21.2 Å². The summed E-state index contributed by atoms with van der Waals surface area (Å²) in [7, 11) is 0. The van der Waals surface area contributed by atoms with E-state index in [0.29, 0.717) is 11.5 Å². The molecule has 0 aromatic carbocycles. The number of carboxylic acids is 1. The van der Waals surface area contributed by atoms with Crippen molar-refractivity contribution in [3.8, 4) is 0 Å². The van der Waals surface area contributed by atoms with Crippen LogP contribution in [0.4, 0.5) is 5.00 Å². The zero-order valence-electron chi connectivity index (χ0n) is 9.14. The number of nitrogens with one attached hydrogen (secondary N) is 1. The molecular weight excluding hydrogens is 258 g/mol. The standard InChI is InChI=1S/C10H11N3O2S2/c1-6-4-16-7(13-6)2-3-11-9-8(10(14)15)12-5-17-9/h4-5,11H,2-3H2,1H3,(H,14,15). The number of hydrogen-bond acceptors (Lipinski definition) is 6. The van der Waals surface area contributed by atoms with Gasteiger partial charge in [0.2, 0.25) is 0 Å². The van der Waals surface area contributed by atoms with Gasteiger partial charge in [-0.3, -0.25) is 0 Å². The van der Waals surface area contributed by atoms with Crippen LogP contribution >= 0.6 is 22.7 Å². The summed E-state index contributed by atoms with van der Waals surface area (Å²) >= 11 is 2.92. The number of aromatic carboxylic acids is 1. The number of thiazole rings is 2. The average Bonchev–Trinajstić information content (AvgIpc) is 2.87. The van der Waals surface area contributed by atoms with E-state index in [4.69, 9.17) is 5.11 Å². The summed E-state index contributed by atoms with van der Waals surface area (Å²) in [6.45, 7) is 2.62. The second kappa shape index (κ2) is 5.24. The Morgan fingerprint density at radius 2 is 2.35 bits per heavy atom. The average molecular weight is 269 g/mol. The van der Waals surface area contributed by atoms with E-state index in [1.54, 1.807) is 11.3 Å². The lowest BCUT2D eigenvalue weighted by molar-refractivity contribution is 0.0692. The SMILES string of the molecule is Cc1csc(CCNc2scnc2C(=O)O)n1. The fourth-order valence-corrected chi connectivity index (χ4v) is 2.80. The Bertz CT molecular complexity index is 521. The van der Waals surface area contributed by atoms with Crippen LogP contribution in [-0.4, -0.2) is 27.6 Å². The number of aromatic nitrogens is 2. The van der Waals surface area contributed by atoms with Gasteiger partial charge in [0.15, 0.2) is 5.69 Å². The van der Waals surface area contributed by atoms with E-state index < -0.39 is 5.97 Å². The first kappa shape index (κ1) is 12.0. The van der Waals surface area contributed by atoms with Crippen molar-refractivity contribution in [2.45, 2.75) is 13.3 Å². The molecular formula is C10H11N3O2S2. The molecule has 2 aromatic rings. The lowest BCUT2D eigenvalue weighted by atomic mass is 10.4. The Balaban J connectivity index is 1.90. The van der Waals surface area contributed by atoms with Gasteiger partial charge in [-0.25, -0.2) is 14.8 Å². The number of carboxylic acid groups (broad SMARTS) is 1. The number of anilines is 1. The Morgan fingerprint density at radius 1 is 1.53 bits per heavy atom. The molecule has 0 atom stereocenters. The molecule has 0 aliphatic rings. The molecule has 2 N–H and O–H groups in total. The van der Waals surface area contributed by atoms with Gasteiger partial charge in [-0.2, -0.15) is 0 Å². The molecule has 90 valence electrons. The van der Waals surface area contributed by atoms with Crippen LogP contribution in [0.25, 0.3) is 0 Å². The molecule has 0 fully saturated rings. The smallest absolute Gasteiger partial charge is 0.357 e. The highest BCUT2D eigenvalue weighted by atomic mass is 32.1. The molecule has 0 unspecified atom stereocenters. The van der Waals surface area contributed by atoms with Crippen LogP contribution < -0.4 is 5.32 Å². The molecule has 2 aromatic heterocycles. The molecule has 0 aliphatic carbocycles. The van der Waals surface area contributed by atoms with E-state index in [1.165, 1.54) is 16.8 Å². The highest BCUT2D eigenvalue weighted by Gasteiger charge is 2.12. The van der Waals surface area contributed by atoms with Crippen LogP contribution in [0.15, 0.2) is 10.9 Å². The molecule has 2 heterocycles.